The molecule has 1 rings (SSSR count). The minimum Gasteiger partial charge on any atom is -0.299 e. The first-order valence-electron chi connectivity index (χ1n) is 3.08. The molecule has 0 saturated heterocycles. The van der Waals surface area contributed by atoms with E-state index in [1.165, 1.54) is 0 Å². The fourth-order valence-electron chi connectivity index (χ4n) is 0.846. The van der Waals surface area contributed by atoms with Crippen molar-refractivity contribution in [3.8, 4) is 0 Å². The Kier molecular flexibility index (Phi) is 1.82. The lowest BCUT2D eigenvalue weighted by molar-refractivity contribution is -0.130. The van der Waals surface area contributed by atoms with Crippen LogP contribution in [0.4, 0.5) is 0 Å². The molecule has 1 fully saturated rings. The monoisotopic (exact) mass is 127 g/mol. The standard InChI is InChI=1S/C6H9NO2/c8-4-7-6(9)5-2-1-3-5/h4-5H,1-3H2,(H,7,8,9). The largest absolute Gasteiger partial charge is 0.299 e. The number of imide groups is 1. The van der Waals surface area contributed by atoms with Crippen LogP contribution in [0.2, 0.25) is 0 Å². The van der Waals surface area contributed by atoms with E-state index in [1.807, 2.05) is 0 Å². The number of hydrogen-bond donors (Lipinski definition) is 1. The average molecular weight is 127 g/mol. The minimum atomic E-state index is -0.115. The Morgan fingerprint density at radius 3 is 2.56 bits per heavy atom. The van der Waals surface area contributed by atoms with Gasteiger partial charge in [0.25, 0.3) is 0 Å². The van der Waals surface area contributed by atoms with E-state index < -0.39 is 0 Å². The van der Waals surface area contributed by atoms with Gasteiger partial charge in [0.15, 0.2) is 0 Å². The molecule has 9 heavy (non-hydrogen) atoms. The Hall–Kier alpha value is -0.860. The highest BCUT2D eigenvalue weighted by atomic mass is 16.2. The van der Waals surface area contributed by atoms with E-state index in [2.05, 4.69) is 5.32 Å². The minimum absolute atomic E-state index is 0.115. The van der Waals surface area contributed by atoms with E-state index in [0.29, 0.717) is 6.41 Å². The van der Waals surface area contributed by atoms with Gasteiger partial charge < -0.3 is 0 Å². The summed E-state index contributed by atoms with van der Waals surface area (Å²) in [5.74, 6) is 0.00597. The second-order valence-electron chi connectivity index (χ2n) is 2.25. The molecule has 0 spiro atoms. The molecular formula is C6H9NO2. The maximum atomic E-state index is 10.7. The Labute approximate surface area is 53.4 Å². The molecule has 1 saturated carbocycles. The van der Waals surface area contributed by atoms with Gasteiger partial charge in [0, 0.05) is 5.92 Å². The lowest BCUT2D eigenvalue weighted by atomic mass is 9.85. The Balaban J connectivity index is 2.23. The van der Waals surface area contributed by atoms with Crippen molar-refractivity contribution in [3.05, 3.63) is 0 Å². The maximum absolute atomic E-state index is 10.7. The summed E-state index contributed by atoms with van der Waals surface area (Å²) in [6, 6.07) is 0. The highest BCUT2D eigenvalue weighted by Crippen LogP contribution is 2.25. The summed E-state index contributed by atoms with van der Waals surface area (Å²) in [6.45, 7) is 0. The van der Waals surface area contributed by atoms with Crippen LogP contribution in [-0.2, 0) is 9.59 Å². The maximum Gasteiger partial charge on any atom is 0.229 e. The first kappa shape index (κ1) is 6.26. The van der Waals surface area contributed by atoms with Crippen LogP contribution in [0.25, 0.3) is 0 Å². The summed E-state index contributed by atoms with van der Waals surface area (Å²) < 4.78 is 0. The third kappa shape index (κ3) is 1.28. The quantitative estimate of drug-likeness (QED) is 0.533. The fourth-order valence-corrected chi connectivity index (χ4v) is 0.846. The zero-order valence-electron chi connectivity index (χ0n) is 5.09. The van der Waals surface area contributed by atoms with Gasteiger partial charge in [0.1, 0.15) is 0 Å². The number of hydrogen-bond acceptors (Lipinski definition) is 2. The molecule has 0 unspecified atom stereocenters. The van der Waals surface area contributed by atoms with Crippen molar-refractivity contribution in [3.63, 3.8) is 0 Å². The molecule has 0 aromatic carbocycles. The van der Waals surface area contributed by atoms with Crippen molar-refractivity contribution in [1.82, 2.24) is 5.32 Å². The summed E-state index contributed by atoms with van der Waals surface area (Å²) in [6.07, 6.45) is 3.46. The third-order valence-corrected chi connectivity index (χ3v) is 1.68. The zero-order chi connectivity index (χ0) is 6.69. The molecule has 0 aliphatic heterocycles. The zero-order valence-corrected chi connectivity index (χ0v) is 5.09. The molecule has 0 radical (unpaired) electrons. The van der Waals surface area contributed by atoms with Crippen molar-refractivity contribution < 1.29 is 9.59 Å². The van der Waals surface area contributed by atoms with E-state index in [9.17, 15) is 9.59 Å². The Morgan fingerprint density at radius 2 is 2.22 bits per heavy atom. The van der Waals surface area contributed by atoms with E-state index in [4.69, 9.17) is 0 Å². The van der Waals surface area contributed by atoms with Gasteiger partial charge in [0.05, 0.1) is 0 Å². The predicted octanol–water partition coefficient (Wildman–Crippen LogP) is 0.0591. The van der Waals surface area contributed by atoms with Gasteiger partial charge in [-0.3, -0.25) is 14.9 Å². The van der Waals surface area contributed by atoms with Gasteiger partial charge in [0.2, 0.25) is 12.3 Å². The lowest BCUT2D eigenvalue weighted by Gasteiger charge is -2.22. The molecule has 0 heterocycles. The molecule has 1 N–H and O–H groups in total. The van der Waals surface area contributed by atoms with Crippen LogP contribution in [0.1, 0.15) is 19.3 Å². The van der Waals surface area contributed by atoms with E-state index in [0.717, 1.165) is 19.3 Å². The van der Waals surface area contributed by atoms with E-state index >= 15 is 0 Å². The smallest absolute Gasteiger partial charge is 0.229 e. The van der Waals surface area contributed by atoms with Crippen molar-refractivity contribution in [2.24, 2.45) is 5.92 Å². The highest BCUT2D eigenvalue weighted by molar-refractivity contribution is 5.88. The number of rotatable bonds is 2. The van der Waals surface area contributed by atoms with Gasteiger partial charge in [-0.2, -0.15) is 0 Å². The topological polar surface area (TPSA) is 46.2 Å². The van der Waals surface area contributed by atoms with Gasteiger partial charge >= 0.3 is 0 Å². The van der Waals surface area contributed by atoms with E-state index in [-0.39, 0.29) is 11.8 Å². The molecule has 1 aliphatic rings. The van der Waals surface area contributed by atoms with Gasteiger partial charge in [-0.1, -0.05) is 6.42 Å². The summed E-state index contributed by atoms with van der Waals surface area (Å²) >= 11 is 0. The first-order chi connectivity index (χ1) is 4.34. The van der Waals surface area contributed by atoms with Crippen LogP contribution < -0.4 is 5.32 Å². The summed E-state index contributed by atoms with van der Waals surface area (Å²) in [5, 5.41) is 2.13. The molecule has 50 valence electrons. The van der Waals surface area contributed by atoms with Gasteiger partial charge in [-0.05, 0) is 12.8 Å². The number of carbonyl (C=O) groups is 2. The average Bonchev–Trinajstić information content (AvgIpc) is 1.60. The molecule has 1 aliphatic carbocycles. The highest BCUT2D eigenvalue weighted by Gasteiger charge is 2.24. The normalized spacial score (nSPS) is 18.2. The molecule has 3 heteroatoms. The molecule has 0 bridgehead atoms. The van der Waals surface area contributed by atoms with Crippen molar-refractivity contribution in [1.29, 1.82) is 0 Å². The summed E-state index contributed by atoms with van der Waals surface area (Å²) in [5.41, 5.74) is 0. The fraction of sp³-hybridized carbons (Fsp3) is 0.667. The number of carbonyl (C=O) groups excluding carboxylic acids is 2. The predicted molar refractivity (Wildman–Crippen MR) is 31.5 cm³/mol. The van der Waals surface area contributed by atoms with Crippen LogP contribution in [-0.4, -0.2) is 12.3 Å². The third-order valence-electron chi connectivity index (χ3n) is 1.68. The number of amides is 2. The number of nitrogens with one attached hydrogen (secondary N) is 1. The lowest BCUT2D eigenvalue weighted by Crippen LogP contribution is -2.33. The SMILES string of the molecule is O=CNC(=O)C1CCC1. The second kappa shape index (κ2) is 2.62. The van der Waals surface area contributed by atoms with Crippen LogP contribution in [0.5, 0.6) is 0 Å². The van der Waals surface area contributed by atoms with Crippen molar-refractivity contribution in [2.75, 3.05) is 0 Å². The molecule has 0 atom stereocenters. The van der Waals surface area contributed by atoms with Crippen LogP contribution in [0, 0.1) is 5.92 Å². The molecule has 3 nitrogen and oxygen atoms in total. The van der Waals surface area contributed by atoms with Crippen LogP contribution >= 0.6 is 0 Å². The molecule has 2 amide bonds. The van der Waals surface area contributed by atoms with Crippen LogP contribution in [0.15, 0.2) is 0 Å². The summed E-state index contributed by atoms with van der Waals surface area (Å²) in [4.78, 5) is 20.4. The Morgan fingerprint density at radius 1 is 1.56 bits per heavy atom. The Bertz CT molecular complexity index is 129. The van der Waals surface area contributed by atoms with Gasteiger partial charge in [-0.25, -0.2) is 0 Å². The molecule has 0 aromatic heterocycles. The molecule has 0 aromatic rings. The first-order valence-corrected chi connectivity index (χ1v) is 3.08. The second-order valence-corrected chi connectivity index (χ2v) is 2.25. The summed E-state index contributed by atoms with van der Waals surface area (Å²) in [7, 11) is 0. The van der Waals surface area contributed by atoms with Crippen LogP contribution in [0.3, 0.4) is 0 Å². The van der Waals surface area contributed by atoms with Gasteiger partial charge in [-0.15, -0.1) is 0 Å². The van der Waals surface area contributed by atoms with Crippen molar-refractivity contribution in [2.45, 2.75) is 19.3 Å². The molecular weight excluding hydrogens is 118 g/mol. The van der Waals surface area contributed by atoms with E-state index in [1.54, 1.807) is 0 Å². The van der Waals surface area contributed by atoms with Crippen molar-refractivity contribution >= 4 is 12.3 Å².